The number of hydrogen-bond donors (Lipinski definition) is 2. The Bertz CT molecular complexity index is 824. The number of likely N-dealkylation sites (tertiary alicyclic amines) is 1. The first-order chi connectivity index (χ1) is 14.0. The lowest BCUT2D eigenvalue weighted by Crippen LogP contribution is -2.39. The largest absolute Gasteiger partial charge is 0.497 e. The number of halogens is 1. The van der Waals surface area contributed by atoms with Crippen molar-refractivity contribution in [3.8, 4) is 5.75 Å². The van der Waals surface area contributed by atoms with E-state index in [2.05, 4.69) is 10.6 Å². The summed E-state index contributed by atoms with van der Waals surface area (Å²) in [6, 6.07) is 13.7. The number of amides is 3. The van der Waals surface area contributed by atoms with Crippen LogP contribution in [0.2, 0.25) is 0 Å². The zero-order valence-corrected chi connectivity index (χ0v) is 16.5. The Hall–Kier alpha value is -3.09. The van der Waals surface area contributed by atoms with Crippen molar-refractivity contribution in [2.45, 2.75) is 19.4 Å². The van der Waals surface area contributed by atoms with E-state index >= 15 is 0 Å². The van der Waals surface area contributed by atoms with Gasteiger partial charge in [0.25, 0.3) is 0 Å². The molecule has 1 fully saturated rings. The smallest absolute Gasteiger partial charge is 0.314 e. The Balaban J connectivity index is 1.35. The van der Waals surface area contributed by atoms with Gasteiger partial charge in [-0.1, -0.05) is 24.3 Å². The quantitative estimate of drug-likeness (QED) is 0.717. The molecule has 1 aliphatic heterocycles. The molecule has 0 radical (unpaired) electrons. The van der Waals surface area contributed by atoms with Crippen LogP contribution in [0.1, 0.15) is 17.5 Å². The normalized spacial score (nSPS) is 16.0. The van der Waals surface area contributed by atoms with Crippen LogP contribution in [0, 0.1) is 11.7 Å². The van der Waals surface area contributed by atoms with Crippen LogP contribution >= 0.6 is 0 Å². The molecule has 0 saturated carbocycles. The van der Waals surface area contributed by atoms with Crippen molar-refractivity contribution in [3.63, 3.8) is 0 Å². The highest BCUT2D eigenvalue weighted by atomic mass is 19.1. The molecule has 2 aromatic rings. The third-order valence-corrected chi connectivity index (χ3v) is 4.99. The molecule has 1 unspecified atom stereocenters. The number of benzene rings is 2. The molecule has 2 aromatic carbocycles. The molecule has 7 heteroatoms. The standard InChI is InChI=1S/C22H26FN3O3/c1-29-20-8-4-16(5-9-20)10-11-24-22(28)25-13-18-12-21(27)26(15-18)14-17-2-6-19(23)7-3-17/h2-9,18H,10-15H2,1H3,(H2,24,25,28). The minimum absolute atomic E-state index is 0.0565. The summed E-state index contributed by atoms with van der Waals surface area (Å²) in [5.41, 5.74) is 2.01. The number of urea groups is 1. The summed E-state index contributed by atoms with van der Waals surface area (Å²) in [6.45, 7) is 2.02. The second-order valence-corrected chi connectivity index (χ2v) is 7.21. The molecule has 1 atom stereocenters. The highest BCUT2D eigenvalue weighted by Crippen LogP contribution is 2.19. The van der Waals surface area contributed by atoms with Crippen LogP contribution in [0.4, 0.5) is 9.18 Å². The third kappa shape index (κ3) is 6.20. The Morgan fingerprint density at radius 1 is 1.10 bits per heavy atom. The van der Waals surface area contributed by atoms with E-state index in [0.717, 1.165) is 23.3 Å². The van der Waals surface area contributed by atoms with Crippen LogP contribution in [-0.2, 0) is 17.8 Å². The average molecular weight is 399 g/mol. The zero-order chi connectivity index (χ0) is 20.6. The summed E-state index contributed by atoms with van der Waals surface area (Å²) in [5.74, 6) is 0.650. The van der Waals surface area contributed by atoms with Crippen LogP contribution in [0.15, 0.2) is 48.5 Å². The van der Waals surface area contributed by atoms with Gasteiger partial charge in [0.05, 0.1) is 7.11 Å². The van der Waals surface area contributed by atoms with E-state index in [9.17, 15) is 14.0 Å². The van der Waals surface area contributed by atoms with Crippen molar-refractivity contribution in [1.29, 1.82) is 0 Å². The van der Waals surface area contributed by atoms with Gasteiger partial charge in [-0.3, -0.25) is 4.79 Å². The number of methoxy groups -OCH3 is 1. The van der Waals surface area contributed by atoms with E-state index < -0.39 is 0 Å². The van der Waals surface area contributed by atoms with Crippen molar-refractivity contribution in [3.05, 3.63) is 65.5 Å². The molecule has 154 valence electrons. The predicted octanol–water partition coefficient (Wildman–Crippen LogP) is 2.72. The third-order valence-electron chi connectivity index (χ3n) is 4.99. The topological polar surface area (TPSA) is 70.7 Å². The second-order valence-electron chi connectivity index (χ2n) is 7.21. The number of carbonyl (C=O) groups excluding carboxylic acids is 2. The lowest BCUT2D eigenvalue weighted by molar-refractivity contribution is -0.128. The maximum Gasteiger partial charge on any atom is 0.314 e. The van der Waals surface area contributed by atoms with E-state index in [0.29, 0.717) is 32.6 Å². The molecule has 2 N–H and O–H groups in total. The van der Waals surface area contributed by atoms with E-state index in [1.807, 2.05) is 24.3 Å². The van der Waals surface area contributed by atoms with Gasteiger partial charge in [0.2, 0.25) is 5.91 Å². The van der Waals surface area contributed by atoms with Gasteiger partial charge >= 0.3 is 6.03 Å². The maximum atomic E-state index is 13.0. The van der Waals surface area contributed by atoms with E-state index in [1.165, 1.54) is 12.1 Å². The fraction of sp³-hybridized carbons (Fsp3) is 0.364. The number of nitrogens with one attached hydrogen (secondary N) is 2. The molecule has 0 aliphatic carbocycles. The monoisotopic (exact) mass is 399 g/mol. The molecule has 1 heterocycles. The lowest BCUT2D eigenvalue weighted by Gasteiger charge is -2.17. The van der Waals surface area contributed by atoms with Crippen molar-refractivity contribution in [2.75, 3.05) is 26.7 Å². The molecular weight excluding hydrogens is 373 g/mol. The van der Waals surface area contributed by atoms with Gasteiger partial charge < -0.3 is 20.3 Å². The molecule has 29 heavy (non-hydrogen) atoms. The number of carbonyl (C=O) groups is 2. The summed E-state index contributed by atoms with van der Waals surface area (Å²) in [4.78, 5) is 25.9. The summed E-state index contributed by atoms with van der Waals surface area (Å²) in [7, 11) is 1.63. The Morgan fingerprint density at radius 2 is 1.79 bits per heavy atom. The molecular formula is C22H26FN3O3. The summed E-state index contributed by atoms with van der Waals surface area (Å²) in [5, 5.41) is 5.68. The fourth-order valence-corrected chi connectivity index (χ4v) is 3.37. The molecule has 3 rings (SSSR count). The maximum absolute atomic E-state index is 13.0. The Labute approximate surface area is 170 Å². The minimum atomic E-state index is -0.290. The van der Waals surface area contributed by atoms with Crippen LogP contribution in [0.5, 0.6) is 5.75 Å². The van der Waals surface area contributed by atoms with Gasteiger partial charge in [-0.25, -0.2) is 9.18 Å². The van der Waals surface area contributed by atoms with Gasteiger partial charge in [0.1, 0.15) is 11.6 Å². The minimum Gasteiger partial charge on any atom is -0.497 e. The molecule has 6 nitrogen and oxygen atoms in total. The van der Waals surface area contributed by atoms with Crippen LogP contribution in [0.3, 0.4) is 0 Å². The van der Waals surface area contributed by atoms with Crippen LogP contribution in [-0.4, -0.2) is 43.6 Å². The first-order valence-electron chi connectivity index (χ1n) is 9.70. The average Bonchev–Trinajstić information content (AvgIpc) is 3.08. The van der Waals surface area contributed by atoms with Crippen molar-refractivity contribution in [2.24, 2.45) is 5.92 Å². The first-order valence-corrected chi connectivity index (χ1v) is 9.70. The number of rotatable bonds is 8. The molecule has 0 bridgehead atoms. The SMILES string of the molecule is COc1ccc(CCNC(=O)NCC2CC(=O)N(Cc3ccc(F)cc3)C2)cc1. The van der Waals surface area contributed by atoms with E-state index in [4.69, 9.17) is 4.74 Å². The molecule has 0 spiro atoms. The lowest BCUT2D eigenvalue weighted by atomic mass is 10.1. The highest BCUT2D eigenvalue weighted by Gasteiger charge is 2.29. The van der Waals surface area contributed by atoms with Crippen molar-refractivity contribution in [1.82, 2.24) is 15.5 Å². The molecule has 0 aromatic heterocycles. The molecule has 1 aliphatic rings. The summed E-state index contributed by atoms with van der Waals surface area (Å²) >= 11 is 0. The van der Waals surface area contributed by atoms with Crippen molar-refractivity contribution < 1.29 is 18.7 Å². The van der Waals surface area contributed by atoms with Crippen LogP contribution in [0.25, 0.3) is 0 Å². The van der Waals surface area contributed by atoms with Crippen molar-refractivity contribution >= 4 is 11.9 Å². The molecule has 3 amide bonds. The van der Waals surface area contributed by atoms with E-state index in [1.54, 1.807) is 24.1 Å². The van der Waals surface area contributed by atoms with Gasteiger partial charge in [-0.15, -0.1) is 0 Å². The van der Waals surface area contributed by atoms with Gasteiger partial charge in [-0.05, 0) is 41.8 Å². The Kier molecular flexibility index (Phi) is 7.05. The fourth-order valence-electron chi connectivity index (χ4n) is 3.37. The first kappa shape index (κ1) is 20.6. The number of ether oxygens (including phenoxy) is 1. The van der Waals surface area contributed by atoms with Gasteiger partial charge in [-0.2, -0.15) is 0 Å². The van der Waals surface area contributed by atoms with Gasteiger partial charge in [0, 0.05) is 38.5 Å². The predicted molar refractivity (Wildman–Crippen MR) is 108 cm³/mol. The highest BCUT2D eigenvalue weighted by molar-refractivity contribution is 5.79. The molecule has 1 saturated heterocycles. The summed E-state index contributed by atoms with van der Waals surface area (Å²) in [6.07, 6.45) is 1.14. The summed E-state index contributed by atoms with van der Waals surface area (Å²) < 4.78 is 18.1. The second kappa shape index (κ2) is 9.91. The van der Waals surface area contributed by atoms with Crippen LogP contribution < -0.4 is 15.4 Å². The number of hydrogen-bond acceptors (Lipinski definition) is 3. The van der Waals surface area contributed by atoms with Gasteiger partial charge in [0.15, 0.2) is 0 Å². The zero-order valence-electron chi connectivity index (χ0n) is 16.5. The van der Waals surface area contributed by atoms with E-state index in [-0.39, 0.29) is 23.7 Å². The number of nitrogens with zero attached hydrogens (tertiary/aromatic N) is 1. The Morgan fingerprint density at radius 3 is 2.48 bits per heavy atom.